The van der Waals surface area contributed by atoms with Crippen molar-refractivity contribution >= 4 is 11.6 Å². The first-order valence-corrected chi connectivity index (χ1v) is 10.4. The Hall–Kier alpha value is -2.53. The average molecular weight is 426 g/mol. The van der Waals surface area contributed by atoms with Crippen LogP contribution in [0.2, 0.25) is 5.02 Å². The molecule has 0 aliphatic heterocycles. The van der Waals surface area contributed by atoms with E-state index >= 15 is 0 Å². The van der Waals surface area contributed by atoms with Gasteiger partial charge in [-0.3, -0.25) is 0 Å². The minimum Gasteiger partial charge on any atom is -0.493 e. The minimum absolute atomic E-state index is 0.230. The van der Waals surface area contributed by atoms with Gasteiger partial charge in [-0.1, -0.05) is 72.3 Å². The molecule has 0 unspecified atom stereocenters. The van der Waals surface area contributed by atoms with Gasteiger partial charge in [-0.05, 0) is 42.2 Å². The number of methoxy groups -OCH3 is 1. The lowest BCUT2D eigenvalue weighted by molar-refractivity contribution is 0.170. The van der Waals surface area contributed by atoms with Crippen molar-refractivity contribution in [1.82, 2.24) is 5.32 Å². The Morgan fingerprint density at radius 2 is 1.60 bits per heavy atom. The van der Waals surface area contributed by atoms with Crippen molar-refractivity contribution < 1.29 is 14.6 Å². The van der Waals surface area contributed by atoms with Gasteiger partial charge in [0.2, 0.25) is 0 Å². The van der Waals surface area contributed by atoms with Gasteiger partial charge < -0.3 is 19.9 Å². The maximum absolute atomic E-state index is 10.7. The quantitative estimate of drug-likeness (QED) is 0.469. The molecule has 0 radical (unpaired) electrons. The maximum atomic E-state index is 10.7. The molecule has 0 heterocycles. The number of benzene rings is 3. The van der Waals surface area contributed by atoms with Crippen molar-refractivity contribution in [3.8, 4) is 11.5 Å². The zero-order chi connectivity index (χ0) is 21.3. The van der Waals surface area contributed by atoms with E-state index in [1.165, 1.54) is 5.56 Å². The van der Waals surface area contributed by atoms with Crippen LogP contribution in [0.5, 0.6) is 11.5 Å². The number of hydrogen-bond acceptors (Lipinski definition) is 4. The Kier molecular flexibility index (Phi) is 8.14. The molecule has 2 atom stereocenters. The van der Waals surface area contributed by atoms with Crippen molar-refractivity contribution in [1.29, 1.82) is 0 Å². The van der Waals surface area contributed by atoms with Crippen molar-refractivity contribution in [3.63, 3.8) is 0 Å². The zero-order valence-corrected chi connectivity index (χ0v) is 18.1. The van der Waals surface area contributed by atoms with Gasteiger partial charge in [0, 0.05) is 12.6 Å². The number of aliphatic hydroxyl groups excluding tert-OH is 1. The maximum Gasteiger partial charge on any atom is 0.180 e. The van der Waals surface area contributed by atoms with E-state index < -0.39 is 6.10 Å². The van der Waals surface area contributed by atoms with Gasteiger partial charge in [-0.25, -0.2) is 0 Å². The topological polar surface area (TPSA) is 50.7 Å². The lowest BCUT2D eigenvalue weighted by atomic mass is 10.1. The second kappa shape index (κ2) is 11.0. The lowest BCUT2D eigenvalue weighted by Gasteiger charge is -2.19. The Bertz CT molecular complexity index is 918. The van der Waals surface area contributed by atoms with Crippen LogP contribution in [0.25, 0.3) is 0 Å². The largest absolute Gasteiger partial charge is 0.493 e. The normalized spacial score (nSPS) is 12.9. The highest BCUT2D eigenvalue weighted by Gasteiger charge is 2.17. The molecule has 0 spiro atoms. The summed E-state index contributed by atoms with van der Waals surface area (Å²) in [6.45, 7) is 2.91. The van der Waals surface area contributed by atoms with Crippen LogP contribution >= 0.6 is 11.6 Å². The van der Waals surface area contributed by atoms with E-state index in [1.807, 2.05) is 48.5 Å². The fraction of sp³-hybridized carbons (Fsp3) is 0.280. The highest BCUT2D eigenvalue weighted by Crippen LogP contribution is 2.38. The fourth-order valence-corrected chi connectivity index (χ4v) is 3.55. The highest BCUT2D eigenvalue weighted by molar-refractivity contribution is 6.32. The summed E-state index contributed by atoms with van der Waals surface area (Å²) < 4.78 is 11.4. The first-order chi connectivity index (χ1) is 14.6. The number of hydrogen-bond donors (Lipinski definition) is 2. The van der Waals surface area contributed by atoms with Crippen molar-refractivity contribution in [3.05, 3.63) is 94.5 Å². The monoisotopic (exact) mass is 425 g/mol. The Morgan fingerprint density at radius 1 is 0.967 bits per heavy atom. The molecule has 0 aromatic heterocycles. The van der Waals surface area contributed by atoms with Crippen molar-refractivity contribution in [2.24, 2.45) is 0 Å². The van der Waals surface area contributed by atoms with Gasteiger partial charge in [0.15, 0.2) is 11.5 Å². The summed E-state index contributed by atoms with van der Waals surface area (Å²) in [5.41, 5.74) is 2.98. The molecule has 0 amide bonds. The second-order valence-electron chi connectivity index (χ2n) is 7.32. The number of rotatable bonds is 10. The van der Waals surface area contributed by atoms with Gasteiger partial charge in [0.1, 0.15) is 6.61 Å². The van der Waals surface area contributed by atoms with Gasteiger partial charge in [0.05, 0.1) is 18.2 Å². The van der Waals surface area contributed by atoms with E-state index in [1.54, 1.807) is 19.2 Å². The standard InChI is InChI=1S/C25H28ClNO3/c1-18(13-19-9-5-3-6-10-19)27-16-23(28)21-14-22(26)25(24(15-21)29-2)30-17-20-11-7-4-8-12-20/h3-12,14-15,18,23,27-28H,13,16-17H2,1-2H3/t18-,23+/m1/s1. The van der Waals surface area contributed by atoms with Crippen molar-refractivity contribution in [2.45, 2.75) is 32.1 Å². The van der Waals surface area contributed by atoms with Crippen LogP contribution < -0.4 is 14.8 Å². The molecule has 0 saturated carbocycles. The van der Waals surface area contributed by atoms with Crippen LogP contribution in [-0.4, -0.2) is 24.8 Å². The summed E-state index contributed by atoms with van der Waals surface area (Å²) >= 11 is 6.46. The Balaban J connectivity index is 1.61. The molecule has 3 aromatic carbocycles. The molecule has 0 fully saturated rings. The number of ether oxygens (including phenoxy) is 2. The summed E-state index contributed by atoms with van der Waals surface area (Å²) in [5.74, 6) is 0.981. The van der Waals surface area contributed by atoms with Crippen LogP contribution in [-0.2, 0) is 13.0 Å². The molecule has 0 aliphatic carbocycles. The lowest BCUT2D eigenvalue weighted by Crippen LogP contribution is -2.32. The molecule has 0 saturated heterocycles. The third-order valence-corrected chi connectivity index (χ3v) is 5.19. The molecule has 5 heteroatoms. The summed E-state index contributed by atoms with van der Waals surface area (Å²) in [5, 5.41) is 14.5. The van der Waals surface area contributed by atoms with E-state index in [9.17, 15) is 5.11 Å². The van der Waals surface area contributed by atoms with Gasteiger partial charge in [-0.2, -0.15) is 0 Å². The molecule has 4 nitrogen and oxygen atoms in total. The van der Waals surface area contributed by atoms with E-state index in [-0.39, 0.29) is 6.04 Å². The average Bonchev–Trinajstić information content (AvgIpc) is 2.77. The SMILES string of the molecule is COc1cc([C@@H](O)CN[C@H](C)Cc2ccccc2)cc(Cl)c1OCc1ccccc1. The van der Waals surface area contributed by atoms with Crippen LogP contribution in [0, 0.1) is 0 Å². The Labute approximate surface area is 183 Å². The molecule has 0 bridgehead atoms. The van der Waals surface area contributed by atoms with Crippen LogP contribution in [0.4, 0.5) is 0 Å². The zero-order valence-electron chi connectivity index (χ0n) is 17.3. The molecular formula is C25H28ClNO3. The molecule has 2 N–H and O–H groups in total. The summed E-state index contributed by atoms with van der Waals surface area (Å²) in [6.07, 6.45) is 0.182. The minimum atomic E-state index is -0.710. The van der Waals surface area contributed by atoms with Crippen LogP contribution in [0.3, 0.4) is 0 Å². The Morgan fingerprint density at radius 3 is 2.23 bits per heavy atom. The summed E-state index contributed by atoms with van der Waals surface area (Å²) in [4.78, 5) is 0. The summed E-state index contributed by atoms with van der Waals surface area (Å²) in [7, 11) is 1.57. The third kappa shape index (κ3) is 6.23. The van der Waals surface area contributed by atoms with Crippen LogP contribution in [0.1, 0.15) is 29.7 Å². The predicted octanol–water partition coefficient (Wildman–Crippen LogP) is 5.18. The summed E-state index contributed by atoms with van der Waals surface area (Å²) in [6, 6.07) is 23.9. The molecule has 30 heavy (non-hydrogen) atoms. The first kappa shape index (κ1) is 22.2. The molecule has 158 valence electrons. The van der Waals surface area contributed by atoms with E-state index in [2.05, 4.69) is 24.4 Å². The molecule has 0 aliphatic rings. The van der Waals surface area contributed by atoms with E-state index in [4.69, 9.17) is 21.1 Å². The van der Waals surface area contributed by atoms with Crippen molar-refractivity contribution in [2.75, 3.05) is 13.7 Å². The molecule has 3 rings (SSSR count). The van der Waals surface area contributed by atoms with Gasteiger partial charge in [0.25, 0.3) is 0 Å². The second-order valence-corrected chi connectivity index (χ2v) is 7.73. The van der Waals surface area contributed by atoms with E-state index in [0.29, 0.717) is 35.2 Å². The number of aliphatic hydroxyl groups is 1. The van der Waals surface area contributed by atoms with E-state index in [0.717, 1.165) is 12.0 Å². The first-order valence-electron chi connectivity index (χ1n) is 10.1. The van der Waals surface area contributed by atoms with Gasteiger partial charge in [-0.15, -0.1) is 0 Å². The highest BCUT2D eigenvalue weighted by atomic mass is 35.5. The number of halogens is 1. The fourth-order valence-electron chi connectivity index (χ4n) is 3.27. The van der Waals surface area contributed by atoms with Crippen LogP contribution in [0.15, 0.2) is 72.8 Å². The number of nitrogens with one attached hydrogen (secondary N) is 1. The third-order valence-electron chi connectivity index (χ3n) is 4.91. The molecule has 3 aromatic rings. The predicted molar refractivity (Wildman–Crippen MR) is 121 cm³/mol. The molecular weight excluding hydrogens is 398 g/mol. The smallest absolute Gasteiger partial charge is 0.180 e. The van der Waals surface area contributed by atoms with Gasteiger partial charge >= 0.3 is 0 Å².